The number of guanidine groups is 1. The van der Waals surface area contributed by atoms with Gasteiger partial charge in [-0.2, -0.15) is 14.6 Å². The van der Waals surface area contributed by atoms with Crippen molar-refractivity contribution in [3.8, 4) is 11.5 Å². The number of ether oxygens (including phenoxy) is 6. The second-order valence-electron chi connectivity index (χ2n) is 28.6. The number of para-hydroxylation sites is 2. The summed E-state index contributed by atoms with van der Waals surface area (Å²) in [5, 5.41) is 38.8. The minimum Gasteiger partial charge on any atom is -0.0622 e. The number of halogens is 2. The van der Waals surface area contributed by atoms with Crippen molar-refractivity contribution in [1.29, 1.82) is 5.41 Å². The fourth-order valence-corrected chi connectivity index (χ4v) is 17.5. The van der Waals surface area contributed by atoms with Crippen molar-refractivity contribution in [3.63, 3.8) is 0 Å². The molecule has 0 fully saturated rings. The number of amidine groups is 1. The van der Waals surface area contributed by atoms with Crippen LogP contribution in [0.4, 0.5) is 17.1 Å². The number of aliphatic imine (C=N–C) groups is 5. The Labute approximate surface area is 763 Å². The van der Waals surface area contributed by atoms with E-state index in [9.17, 15) is 14.4 Å². The summed E-state index contributed by atoms with van der Waals surface area (Å²) in [5.41, 5.74) is 10.9. The number of carbonyl (C=O) groups excluding carboxylic acids is 5. The molecule has 1 atom stereocenters. The standard InChI is InChI=1S/C26H24P2.2C25H34NO4.C19H21N7O3.CO2.2ClH.2Pd/c1-5-13-23(14-6-1)27(24-15-7-2-8-16-24)21-22-28(25-17-9-3-10-18-25)26-19-11-4-12-20-26;2*1-19(2)23-6-5-7-24(20(3)4)25(23)26-18-21-8-10-22(11-9-21)30-17-16-29-15-14-28-13-12-27;1-11(27)3-2-8-21-17(28)12-4-6-13(7-5-12)22-9-14-10-23-16-15(24-14)18(29)26-19(20)25-16;2-1-3;;;;/h1-20H,21-22H2;2*5-8,10-11,18-20,27H,12-17H2,1-4H3;4-7,10,15,22H,2-3,8-9H2,1H3,(H,21,28)(H2,20,26,29);;2*1H;;/q;2*-1;;;;;2*+2/p-2. The van der Waals surface area contributed by atoms with Crippen molar-refractivity contribution >= 4 is 133 Å². The Morgan fingerprint density at radius 3 is 1.28 bits per heavy atom. The Bertz CT molecular complexity index is 4400. The van der Waals surface area contributed by atoms with Crippen molar-refractivity contribution in [1.82, 2.24) is 10.6 Å². The minimum atomic E-state index is -0.833. The van der Waals surface area contributed by atoms with Crippen molar-refractivity contribution < 1.29 is 99.0 Å². The predicted octanol–water partition coefficient (Wildman–Crippen LogP) is 16.4. The molecule has 2 aliphatic heterocycles. The van der Waals surface area contributed by atoms with Crippen LogP contribution in [0.15, 0.2) is 243 Å². The third kappa shape index (κ3) is 39.6. The van der Waals surface area contributed by atoms with Crippen molar-refractivity contribution in [2.24, 2.45) is 25.0 Å². The Balaban J connectivity index is 0.000000286. The van der Waals surface area contributed by atoms with Gasteiger partial charge in [0, 0.05) is 35.7 Å². The van der Waals surface area contributed by atoms with Crippen LogP contribution >= 0.6 is 34.9 Å². The van der Waals surface area contributed by atoms with E-state index in [0.29, 0.717) is 127 Å². The second kappa shape index (κ2) is 62.9. The zero-order chi connectivity index (χ0) is 90.1. The molecule has 0 spiro atoms. The molecule has 0 aliphatic carbocycles. The number of nitrogens with zero attached hydrogens (tertiary/aromatic N) is 5. The number of aliphatic hydroxyl groups excluding tert-OH is 2. The fraction of sp³-hybridized carbons (Fsp3) is 0.333. The smallest absolute Gasteiger partial charge is 0.0195 e. The van der Waals surface area contributed by atoms with Crippen molar-refractivity contribution in [2.45, 2.75) is 105 Å². The zero-order valence-corrected chi connectivity index (χ0v) is 77.9. The molecule has 2 amide bonds. The summed E-state index contributed by atoms with van der Waals surface area (Å²) in [4.78, 5) is 73.0. The molecule has 11 rings (SSSR count). The molecule has 6 N–H and O–H groups in total. The number of rotatable bonds is 41. The normalized spacial score (nSPS) is 12.5. The van der Waals surface area contributed by atoms with E-state index in [2.05, 4.69) is 312 Å². The number of Topliss-reactive ketones (excluding diaryl/α,β-unsaturated/α-hetero) is 1. The number of ketones is 1. The second-order valence-corrected chi connectivity index (χ2v) is 33.2. The van der Waals surface area contributed by atoms with Gasteiger partial charge in [0.25, 0.3) is 11.8 Å². The third-order valence-corrected chi connectivity index (χ3v) is 23.6. The maximum Gasteiger partial charge on any atom is -0.0195 e. The van der Waals surface area contributed by atoms with Crippen LogP contribution in [0.25, 0.3) is 0 Å². The van der Waals surface area contributed by atoms with Gasteiger partial charge in [0.2, 0.25) is 5.96 Å². The number of amides is 2. The summed E-state index contributed by atoms with van der Waals surface area (Å²) in [5.74, 6) is 2.62. The molecule has 9 aromatic carbocycles. The first-order valence-electron chi connectivity index (χ1n) is 40.6. The van der Waals surface area contributed by atoms with Crippen LogP contribution in [0.5, 0.6) is 11.5 Å². The monoisotopic (exact) mass is 1940 g/mol. The van der Waals surface area contributed by atoms with E-state index in [0.717, 1.165) is 39.7 Å². The SMILES string of the molecule is CC(=O)CCCNC(=O)c1ccc(NCC2=NC3C(=O)NC(=N)N=C3N=C2)cc1.CC(C)c1cccc(C(C)C)c1N=Cc1[c-]cc(OCCOCCOCCO)cc1.CC(C)c1cccc(C(C)C)c1N=Cc1[c-]cc(OCCOCCOCCO)cc1.O=C=O.[Cl][Pd+].[Cl][Pd+].c1ccc(P(CCP(c2ccccc2)c2ccccc2)c2ccccc2)cc1. The van der Waals surface area contributed by atoms with Gasteiger partial charge in [-0.25, -0.2) is 4.99 Å². The number of anilines is 1. The molecule has 9 aromatic rings. The molecule has 2 heterocycles. The summed E-state index contributed by atoms with van der Waals surface area (Å²) < 4.78 is 32.4. The van der Waals surface area contributed by atoms with Crippen LogP contribution in [0.1, 0.15) is 143 Å². The molecule has 0 radical (unpaired) electrons. The summed E-state index contributed by atoms with van der Waals surface area (Å²) in [7, 11) is 8.28. The molecular weight excluding hydrogens is 1830 g/mol. The van der Waals surface area contributed by atoms with Crippen LogP contribution in [0.3, 0.4) is 0 Å². The van der Waals surface area contributed by atoms with Crippen LogP contribution < -0.4 is 46.6 Å². The molecule has 2 aliphatic rings. The molecular formula is C96H113Cl2N9O13P2Pd2. The van der Waals surface area contributed by atoms with E-state index in [1.807, 2.05) is 48.8 Å². The Morgan fingerprint density at radius 1 is 0.548 bits per heavy atom. The molecule has 22 nitrogen and oxygen atoms in total. The van der Waals surface area contributed by atoms with E-state index in [1.165, 1.54) is 68.9 Å². The fourth-order valence-electron chi connectivity index (χ4n) is 12.2. The molecule has 1 unspecified atom stereocenters. The van der Waals surface area contributed by atoms with Gasteiger partial charge in [-0.1, -0.05) is 213 Å². The first-order valence-corrected chi connectivity index (χ1v) is 47.7. The Kier molecular flexibility index (Phi) is 53.5. The number of aliphatic hydroxyl groups is 2. The predicted molar refractivity (Wildman–Crippen MR) is 498 cm³/mol. The minimum absolute atomic E-state index is 0.0312. The van der Waals surface area contributed by atoms with Gasteiger partial charge >= 0.3 is 61.6 Å². The van der Waals surface area contributed by atoms with E-state index in [1.54, 1.807) is 24.3 Å². The van der Waals surface area contributed by atoms with Crippen LogP contribution in [-0.4, -0.2) is 181 Å². The quantitative estimate of drug-likeness (QED) is 0.00683. The molecule has 28 heteroatoms. The maximum atomic E-state index is 12.1. The van der Waals surface area contributed by atoms with Crippen LogP contribution in [0, 0.1) is 17.5 Å². The van der Waals surface area contributed by atoms with Gasteiger partial charge in [-0.05, 0) is 145 Å². The number of benzene rings is 9. The molecule has 0 saturated heterocycles. The summed E-state index contributed by atoms with van der Waals surface area (Å²) in [6.07, 6.45) is 8.99. The molecule has 0 aromatic heterocycles. The summed E-state index contributed by atoms with van der Waals surface area (Å²) in [6.45, 7) is 24.4. The third-order valence-electron chi connectivity index (χ3n) is 18.2. The average molecular weight is 1950 g/mol. The zero-order valence-electron chi connectivity index (χ0n) is 71.5. The van der Waals surface area contributed by atoms with Crippen LogP contribution in [0.2, 0.25) is 0 Å². The van der Waals surface area contributed by atoms with Crippen LogP contribution in [-0.2, 0) is 74.5 Å². The van der Waals surface area contributed by atoms with E-state index in [-0.39, 0.29) is 58.7 Å². The van der Waals surface area contributed by atoms with Gasteiger partial charge < -0.3 is 64.0 Å². The Morgan fingerprint density at radius 2 is 0.927 bits per heavy atom. The Hall–Kier alpha value is -9.09. The molecule has 124 heavy (non-hydrogen) atoms. The van der Waals surface area contributed by atoms with Crippen molar-refractivity contribution in [2.75, 3.05) is 110 Å². The largest absolute Gasteiger partial charge is 0.0622 e. The van der Waals surface area contributed by atoms with Gasteiger partial charge in [-0.15, -0.1) is 59.7 Å². The van der Waals surface area contributed by atoms with E-state index in [4.69, 9.17) is 63.6 Å². The number of nitrogens with one attached hydrogen (secondary N) is 4. The first kappa shape index (κ1) is 105. The van der Waals surface area contributed by atoms with Gasteiger partial charge in [0.15, 0.2) is 11.9 Å². The van der Waals surface area contributed by atoms with Crippen molar-refractivity contribution in [3.05, 3.63) is 269 Å². The van der Waals surface area contributed by atoms with Gasteiger partial charge in [-0.3, -0.25) is 25.3 Å². The number of carbonyl (C=O) groups is 3. The number of fused-ring (bicyclic) bond motifs is 1. The van der Waals surface area contributed by atoms with Gasteiger partial charge in [0.05, 0.1) is 109 Å². The average Bonchev–Trinajstić information content (AvgIpc) is 0.804. The molecule has 0 saturated carbocycles. The first-order chi connectivity index (χ1) is 60.3. The summed E-state index contributed by atoms with van der Waals surface area (Å²) >= 11 is 4.44. The topological polar surface area (TPSA) is 303 Å². The molecule has 0 bridgehead atoms. The number of hydrogen-bond donors (Lipinski definition) is 6. The maximum absolute atomic E-state index is 12.1. The van der Waals surface area contributed by atoms with E-state index >= 15 is 0 Å². The van der Waals surface area contributed by atoms with E-state index < -0.39 is 11.9 Å². The van der Waals surface area contributed by atoms with Gasteiger partial charge in [0.1, 0.15) is 5.78 Å². The summed E-state index contributed by atoms with van der Waals surface area (Å²) in [6, 6.07) is 81.0. The molecule has 664 valence electrons. The number of hydrogen-bond acceptors (Lipinski definition) is 19.